The van der Waals surface area contributed by atoms with Gasteiger partial charge in [-0.2, -0.15) is 10.1 Å². The largest absolute Gasteiger partial charge is 0.378 e. The van der Waals surface area contributed by atoms with Gasteiger partial charge in [0.05, 0.1) is 30.1 Å². The first kappa shape index (κ1) is 21.2. The summed E-state index contributed by atoms with van der Waals surface area (Å²) in [6.45, 7) is 7.05. The molecule has 1 aliphatic rings. The van der Waals surface area contributed by atoms with Crippen molar-refractivity contribution in [1.29, 1.82) is 0 Å². The van der Waals surface area contributed by atoms with Crippen molar-refractivity contribution in [2.45, 2.75) is 13.8 Å². The molecule has 0 amide bonds. The van der Waals surface area contributed by atoms with Gasteiger partial charge in [-0.3, -0.25) is 5.10 Å². The number of morpholine rings is 1. The fraction of sp³-hybridized carbons (Fsp3) is 0.240. The summed E-state index contributed by atoms with van der Waals surface area (Å²) < 4.78 is 7.19. The van der Waals surface area contributed by atoms with Crippen LogP contribution in [-0.4, -0.2) is 61.2 Å². The highest BCUT2D eigenvalue weighted by molar-refractivity contribution is 5.85. The topological polar surface area (TPSA) is 110 Å². The van der Waals surface area contributed by atoms with Crippen molar-refractivity contribution in [2.75, 3.05) is 36.5 Å². The van der Waals surface area contributed by atoms with Crippen molar-refractivity contribution < 1.29 is 4.74 Å². The summed E-state index contributed by atoms with van der Waals surface area (Å²) in [6.07, 6.45) is 3.57. The third-order valence-electron chi connectivity index (χ3n) is 6.16. The van der Waals surface area contributed by atoms with E-state index in [1.54, 1.807) is 11.0 Å². The van der Waals surface area contributed by atoms with Gasteiger partial charge in [-0.1, -0.05) is 12.1 Å². The van der Waals surface area contributed by atoms with Crippen molar-refractivity contribution in [3.05, 3.63) is 66.4 Å². The summed E-state index contributed by atoms with van der Waals surface area (Å²) in [7, 11) is 0. The molecule has 2 N–H and O–H groups in total. The minimum Gasteiger partial charge on any atom is -0.378 e. The lowest BCUT2D eigenvalue weighted by molar-refractivity contribution is 0.122. The van der Waals surface area contributed by atoms with E-state index < -0.39 is 0 Å². The molecule has 35 heavy (non-hydrogen) atoms. The third kappa shape index (κ3) is 4.19. The average molecular weight is 468 g/mol. The van der Waals surface area contributed by atoms with Crippen LogP contribution in [0.3, 0.4) is 0 Å². The molecule has 1 saturated heterocycles. The minimum absolute atomic E-state index is 0.540. The first-order valence-corrected chi connectivity index (χ1v) is 11.5. The number of hydrogen-bond acceptors (Lipinski definition) is 8. The fourth-order valence-corrected chi connectivity index (χ4v) is 4.33. The Labute approximate surface area is 202 Å². The number of aryl methyl sites for hydroxylation is 2. The number of anilines is 3. The van der Waals surface area contributed by atoms with Gasteiger partial charge in [-0.25, -0.2) is 14.6 Å². The zero-order valence-electron chi connectivity index (χ0n) is 19.6. The van der Waals surface area contributed by atoms with Crippen LogP contribution in [0.5, 0.6) is 0 Å². The van der Waals surface area contributed by atoms with E-state index in [1.807, 2.05) is 50.4 Å². The summed E-state index contributed by atoms with van der Waals surface area (Å²) in [4.78, 5) is 15.8. The number of hydrogen-bond donors (Lipinski definition) is 2. The summed E-state index contributed by atoms with van der Waals surface area (Å²) in [5, 5.41) is 16.3. The summed E-state index contributed by atoms with van der Waals surface area (Å²) in [5.74, 6) is 1.26. The average Bonchev–Trinajstić information content (AvgIpc) is 3.51. The van der Waals surface area contributed by atoms with Crippen LogP contribution in [0.2, 0.25) is 0 Å². The lowest BCUT2D eigenvalue weighted by atomic mass is 10.0. The third-order valence-corrected chi connectivity index (χ3v) is 6.16. The minimum atomic E-state index is 0.540. The SMILES string of the molecule is Cc1n[nH]c(C)c1-c1ccc2cnc(Nc3ccc(-n4cnc(N5CCOCC5)n4)cc3)nc2c1. The normalized spacial score (nSPS) is 13.9. The van der Waals surface area contributed by atoms with E-state index in [9.17, 15) is 0 Å². The number of nitrogens with one attached hydrogen (secondary N) is 2. The van der Waals surface area contributed by atoms with Gasteiger partial charge in [0, 0.05) is 41.6 Å². The van der Waals surface area contributed by atoms with E-state index in [-0.39, 0.29) is 0 Å². The number of nitrogens with zero attached hydrogens (tertiary/aromatic N) is 7. The molecule has 0 bridgehead atoms. The predicted octanol–water partition coefficient (Wildman–Crippen LogP) is 3.80. The highest BCUT2D eigenvalue weighted by Gasteiger charge is 2.15. The zero-order valence-corrected chi connectivity index (χ0v) is 19.6. The summed E-state index contributed by atoms with van der Waals surface area (Å²) in [5.41, 5.74) is 6.89. The number of fused-ring (bicyclic) bond motifs is 1. The second-order valence-corrected chi connectivity index (χ2v) is 8.54. The molecule has 3 aromatic heterocycles. The van der Waals surface area contributed by atoms with E-state index in [1.165, 1.54) is 0 Å². The van der Waals surface area contributed by atoms with Crippen molar-refractivity contribution >= 4 is 28.5 Å². The second kappa shape index (κ2) is 8.80. The van der Waals surface area contributed by atoms with Gasteiger partial charge in [0.15, 0.2) is 0 Å². The van der Waals surface area contributed by atoms with Gasteiger partial charge in [-0.05, 0) is 49.7 Å². The quantitative estimate of drug-likeness (QED) is 0.402. The van der Waals surface area contributed by atoms with Crippen LogP contribution in [0, 0.1) is 13.8 Å². The number of aromatic nitrogens is 7. The molecule has 10 heteroatoms. The molecule has 5 aromatic rings. The molecule has 1 aliphatic heterocycles. The molecular weight excluding hydrogens is 442 g/mol. The molecular formula is C25H25N9O. The van der Waals surface area contributed by atoms with Crippen molar-refractivity contribution in [2.24, 2.45) is 0 Å². The Morgan fingerprint density at radius 1 is 1.00 bits per heavy atom. The van der Waals surface area contributed by atoms with Crippen LogP contribution in [-0.2, 0) is 4.74 Å². The van der Waals surface area contributed by atoms with Crippen molar-refractivity contribution in [1.82, 2.24) is 34.9 Å². The fourth-order valence-electron chi connectivity index (χ4n) is 4.33. The van der Waals surface area contributed by atoms with Gasteiger partial charge in [0.25, 0.3) is 0 Å². The molecule has 0 aliphatic carbocycles. The van der Waals surface area contributed by atoms with Crippen LogP contribution in [0.15, 0.2) is 55.0 Å². The van der Waals surface area contributed by atoms with E-state index in [2.05, 4.69) is 47.6 Å². The number of aromatic amines is 1. The van der Waals surface area contributed by atoms with E-state index in [0.29, 0.717) is 19.2 Å². The summed E-state index contributed by atoms with van der Waals surface area (Å²) >= 11 is 0. The Kier molecular flexibility index (Phi) is 5.34. The van der Waals surface area contributed by atoms with Crippen molar-refractivity contribution in [3.63, 3.8) is 0 Å². The first-order valence-electron chi connectivity index (χ1n) is 11.5. The van der Waals surface area contributed by atoms with Gasteiger partial charge in [0.2, 0.25) is 11.9 Å². The summed E-state index contributed by atoms with van der Waals surface area (Å²) in [6, 6.07) is 14.1. The Morgan fingerprint density at radius 2 is 1.83 bits per heavy atom. The maximum Gasteiger partial charge on any atom is 0.245 e. The van der Waals surface area contributed by atoms with E-state index in [0.717, 1.165) is 63.8 Å². The lowest BCUT2D eigenvalue weighted by Crippen LogP contribution is -2.37. The molecule has 0 saturated carbocycles. The number of ether oxygens (including phenoxy) is 1. The van der Waals surface area contributed by atoms with E-state index >= 15 is 0 Å². The lowest BCUT2D eigenvalue weighted by Gasteiger charge is -2.25. The molecule has 0 unspecified atom stereocenters. The molecule has 2 aromatic carbocycles. The number of rotatable bonds is 5. The molecule has 10 nitrogen and oxygen atoms in total. The number of H-pyrrole nitrogens is 1. The van der Waals surface area contributed by atoms with Gasteiger partial charge < -0.3 is 15.0 Å². The van der Waals surface area contributed by atoms with Crippen LogP contribution in [0.4, 0.5) is 17.6 Å². The smallest absolute Gasteiger partial charge is 0.245 e. The van der Waals surface area contributed by atoms with Gasteiger partial charge in [0.1, 0.15) is 6.33 Å². The van der Waals surface area contributed by atoms with Gasteiger partial charge >= 0.3 is 0 Å². The highest BCUT2D eigenvalue weighted by Crippen LogP contribution is 2.28. The number of benzene rings is 2. The molecule has 176 valence electrons. The highest BCUT2D eigenvalue weighted by atomic mass is 16.5. The van der Waals surface area contributed by atoms with Gasteiger partial charge in [-0.15, -0.1) is 5.10 Å². The Bertz CT molecular complexity index is 1460. The predicted molar refractivity (Wildman–Crippen MR) is 134 cm³/mol. The molecule has 0 atom stereocenters. The maximum absolute atomic E-state index is 5.41. The van der Waals surface area contributed by atoms with Crippen LogP contribution in [0.25, 0.3) is 27.7 Å². The Morgan fingerprint density at radius 3 is 2.60 bits per heavy atom. The monoisotopic (exact) mass is 467 g/mol. The standard InChI is InChI=1S/C25H25N9O/c1-16-23(17(2)31-30-16)18-3-4-19-14-26-24(29-22(19)13-18)28-20-5-7-21(8-6-20)34-15-27-25(32-34)33-9-11-35-12-10-33/h3-8,13-15H,9-12H2,1-2H3,(H,30,31)(H,26,28,29). The van der Waals surface area contributed by atoms with Crippen molar-refractivity contribution in [3.8, 4) is 16.8 Å². The Balaban J connectivity index is 1.21. The van der Waals surface area contributed by atoms with E-state index in [4.69, 9.17) is 9.72 Å². The van der Waals surface area contributed by atoms with Crippen LogP contribution in [0.1, 0.15) is 11.4 Å². The molecule has 4 heterocycles. The zero-order chi connectivity index (χ0) is 23.8. The van der Waals surface area contributed by atoms with Crippen LogP contribution >= 0.6 is 0 Å². The molecule has 0 radical (unpaired) electrons. The second-order valence-electron chi connectivity index (χ2n) is 8.54. The molecule has 0 spiro atoms. The first-order chi connectivity index (χ1) is 17.1. The molecule has 1 fully saturated rings. The molecule has 6 rings (SSSR count). The maximum atomic E-state index is 5.41. The van der Waals surface area contributed by atoms with Crippen LogP contribution < -0.4 is 10.2 Å². The Hall–Kier alpha value is -4.31.